The van der Waals surface area contributed by atoms with Crippen LogP contribution in [-0.4, -0.2) is 61.3 Å². The highest BCUT2D eigenvalue weighted by molar-refractivity contribution is 6.01. The summed E-state index contributed by atoms with van der Waals surface area (Å²) >= 11 is 0. The number of aryl methyl sites for hydroxylation is 1. The van der Waals surface area contributed by atoms with Gasteiger partial charge in [0.05, 0.1) is 25.3 Å². The van der Waals surface area contributed by atoms with Crippen molar-refractivity contribution in [1.82, 2.24) is 9.80 Å². The van der Waals surface area contributed by atoms with Crippen molar-refractivity contribution in [3.05, 3.63) is 95.1 Å². The maximum Gasteiger partial charge on any atom is 0.416 e. The van der Waals surface area contributed by atoms with Gasteiger partial charge < -0.3 is 14.6 Å². The van der Waals surface area contributed by atoms with Crippen molar-refractivity contribution in [3.63, 3.8) is 0 Å². The molecule has 0 atom stereocenters. The molecule has 0 aromatic heterocycles. The number of methoxy groups -OCH3 is 2. The van der Waals surface area contributed by atoms with E-state index in [1.54, 1.807) is 26.4 Å². The fraction of sp³-hybridized carbons (Fsp3) is 0.324. The Hall–Kier alpha value is -4.08. The summed E-state index contributed by atoms with van der Waals surface area (Å²) in [6.45, 7) is 4.50. The third kappa shape index (κ3) is 6.95. The lowest BCUT2D eigenvalue weighted by molar-refractivity contribution is -0.138. The molecule has 1 aliphatic heterocycles. The molecule has 0 bridgehead atoms. The van der Waals surface area contributed by atoms with E-state index in [-0.39, 0.29) is 6.42 Å². The van der Waals surface area contributed by atoms with Gasteiger partial charge in [-0.2, -0.15) is 13.2 Å². The standard InChI is InChI=1S/C34H35F3N2O4/c1-42-30-15-11-25(22-39-19-17-38(18-20-39)21-23-9-13-26(14-10-23)34(35,36)37)33(43-2)32(30)29-8-4-6-27-24(12-16-31(40)41)5-3-7-28(27)29/h3-11,13-15H,12,16-22H2,1-2H3,(H,40,41). The highest BCUT2D eigenvalue weighted by atomic mass is 19.4. The Kier molecular flexibility index (Phi) is 9.22. The Bertz CT molecular complexity index is 1580. The summed E-state index contributed by atoms with van der Waals surface area (Å²) in [6.07, 6.45) is -3.83. The van der Waals surface area contributed by atoms with Gasteiger partial charge in [0.25, 0.3) is 0 Å². The van der Waals surface area contributed by atoms with Crippen LogP contribution in [0.2, 0.25) is 0 Å². The largest absolute Gasteiger partial charge is 0.496 e. The Morgan fingerprint density at radius 2 is 1.44 bits per heavy atom. The zero-order valence-electron chi connectivity index (χ0n) is 24.3. The van der Waals surface area contributed by atoms with Gasteiger partial charge in [-0.1, -0.05) is 54.6 Å². The lowest BCUT2D eigenvalue weighted by Gasteiger charge is -2.35. The topological polar surface area (TPSA) is 62.2 Å². The average Bonchev–Trinajstić information content (AvgIpc) is 3.00. The molecule has 4 aromatic carbocycles. The van der Waals surface area contributed by atoms with E-state index in [1.807, 2.05) is 48.5 Å². The van der Waals surface area contributed by atoms with Crippen LogP contribution in [0, 0.1) is 0 Å². The molecule has 1 fully saturated rings. The number of alkyl halides is 3. The Morgan fingerprint density at radius 1 is 0.791 bits per heavy atom. The van der Waals surface area contributed by atoms with E-state index in [0.29, 0.717) is 25.3 Å². The minimum atomic E-state index is -4.33. The predicted molar refractivity (Wildman–Crippen MR) is 160 cm³/mol. The number of piperazine rings is 1. The van der Waals surface area contributed by atoms with Crippen LogP contribution in [0.5, 0.6) is 11.5 Å². The first-order valence-electron chi connectivity index (χ1n) is 14.3. The molecule has 0 aliphatic carbocycles. The number of carbonyl (C=O) groups is 1. The maximum absolute atomic E-state index is 12.9. The number of benzene rings is 4. The summed E-state index contributed by atoms with van der Waals surface area (Å²) in [5, 5.41) is 11.2. The molecule has 1 heterocycles. The van der Waals surface area contributed by atoms with Crippen molar-refractivity contribution in [1.29, 1.82) is 0 Å². The number of aliphatic carboxylic acids is 1. The summed E-state index contributed by atoms with van der Waals surface area (Å²) in [6, 6.07) is 21.4. The van der Waals surface area contributed by atoms with E-state index >= 15 is 0 Å². The molecule has 43 heavy (non-hydrogen) atoms. The molecule has 0 unspecified atom stereocenters. The van der Waals surface area contributed by atoms with Crippen LogP contribution in [0.3, 0.4) is 0 Å². The third-order valence-electron chi connectivity index (χ3n) is 8.06. The molecule has 9 heteroatoms. The molecular weight excluding hydrogens is 557 g/mol. The molecule has 4 aromatic rings. The molecule has 6 nitrogen and oxygen atoms in total. The van der Waals surface area contributed by atoms with E-state index in [2.05, 4.69) is 9.80 Å². The molecule has 5 rings (SSSR count). The zero-order chi connectivity index (χ0) is 30.6. The van der Waals surface area contributed by atoms with Gasteiger partial charge in [-0.3, -0.25) is 14.6 Å². The first-order valence-corrected chi connectivity index (χ1v) is 14.3. The maximum atomic E-state index is 12.9. The number of hydrogen-bond acceptors (Lipinski definition) is 5. The quantitative estimate of drug-likeness (QED) is 0.217. The Balaban J connectivity index is 1.35. The van der Waals surface area contributed by atoms with E-state index < -0.39 is 17.7 Å². The second-order valence-electron chi connectivity index (χ2n) is 10.8. The lowest BCUT2D eigenvalue weighted by Crippen LogP contribution is -2.45. The van der Waals surface area contributed by atoms with Crippen molar-refractivity contribution in [2.24, 2.45) is 0 Å². The number of hydrogen-bond donors (Lipinski definition) is 1. The highest BCUT2D eigenvalue weighted by Gasteiger charge is 2.30. The number of nitrogens with zero attached hydrogens (tertiary/aromatic N) is 2. The zero-order valence-corrected chi connectivity index (χ0v) is 24.3. The van der Waals surface area contributed by atoms with E-state index in [4.69, 9.17) is 9.47 Å². The number of ether oxygens (including phenoxy) is 2. The molecule has 1 saturated heterocycles. The first-order chi connectivity index (χ1) is 20.7. The lowest BCUT2D eigenvalue weighted by atomic mass is 9.92. The van der Waals surface area contributed by atoms with Gasteiger partial charge in [0.15, 0.2) is 0 Å². The van der Waals surface area contributed by atoms with Crippen LogP contribution >= 0.6 is 0 Å². The van der Waals surface area contributed by atoms with E-state index in [9.17, 15) is 23.1 Å². The minimum absolute atomic E-state index is 0.0586. The number of carboxylic acids is 1. The van der Waals surface area contributed by atoms with Crippen molar-refractivity contribution in [2.75, 3.05) is 40.4 Å². The Morgan fingerprint density at radius 3 is 2.07 bits per heavy atom. The molecular formula is C34H35F3N2O4. The Labute approximate surface area is 249 Å². The van der Waals surface area contributed by atoms with Crippen LogP contribution < -0.4 is 9.47 Å². The van der Waals surface area contributed by atoms with Gasteiger partial charge in [-0.05, 0) is 52.1 Å². The third-order valence-corrected chi connectivity index (χ3v) is 8.06. The van der Waals surface area contributed by atoms with Crippen molar-refractivity contribution >= 4 is 16.7 Å². The van der Waals surface area contributed by atoms with Crippen molar-refractivity contribution in [2.45, 2.75) is 32.1 Å². The van der Waals surface area contributed by atoms with Gasteiger partial charge in [-0.15, -0.1) is 0 Å². The van der Waals surface area contributed by atoms with Crippen LogP contribution in [0.4, 0.5) is 13.2 Å². The molecule has 0 spiro atoms. The highest BCUT2D eigenvalue weighted by Crippen LogP contribution is 2.44. The SMILES string of the molecule is COc1ccc(CN2CCN(Cc3ccc(C(F)(F)F)cc3)CC2)c(OC)c1-c1cccc2c(CCC(=O)O)cccc12. The van der Waals surface area contributed by atoms with Crippen LogP contribution in [0.15, 0.2) is 72.8 Å². The molecule has 1 aliphatic rings. The fourth-order valence-electron chi connectivity index (χ4n) is 5.85. The van der Waals surface area contributed by atoms with Crippen LogP contribution in [0.25, 0.3) is 21.9 Å². The van der Waals surface area contributed by atoms with Gasteiger partial charge in [-0.25, -0.2) is 0 Å². The minimum Gasteiger partial charge on any atom is -0.496 e. The molecule has 0 amide bonds. The molecule has 1 N–H and O–H groups in total. The molecule has 226 valence electrons. The summed E-state index contributed by atoms with van der Waals surface area (Å²) in [4.78, 5) is 15.8. The fourth-order valence-corrected chi connectivity index (χ4v) is 5.85. The van der Waals surface area contributed by atoms with Gasteiger partial charge in [0, 0.05) is 51.3 Å². The van der Waals surface area contributed by atoms with Crippen LogP contribution in [0.1, 0.15) is 28.7 Å². The van der Waals surface area contributed by atoms with Gasteiger partial charge in [0.2, 0.25) is 0 Å². The second-order valence-corrected chi connectivity index (χ2v) is 10.8. The van der Waals surface area contributed by atoms with Crippen molar-refractivity contribution < 1.29 is 32.5 Å². The summed E-state index contributed by atoms with van der Waals surface area (Å²) in [5.74, 6) is 0.588. The monoisotopic (exact) mass is 592 g/mol. The number of fused-ring (bicyclic) bond motifs is 1. The average molecular weight is 593 g/mol. The van der Waals surface area contributed by atoms with Gasteiger partial charge >= 0.3 is 12.1 Å². The summed E-state index contributed by atoms with van der Waals surface area (Å²) < 4.78 is 50.6. The van der Waals surface area contributed by atoms with Gasteiger partial charge in [0.1, 0.15) is 11.5 Å². The number of halogens is 3. The molecule has 0 radical (unpaired) electrons. The number of carboxylic acid groups (broad SMARTS) is 1. The first kappa shape index (κ1) is 30.4. The van der Waals surface area contributed by atoms with E-state index in [0.717, 1.165) is 82.7 Å². The normalized spacial score (nSPS) is 14.6. The smallest absolute Gasteiger partial charge is 0.416 e. The summed E-state index contributed by atoms with van der Waals surface area (Å²) in [7, 11) is 3.30. The number of rotatable bonds is 10. The molecule has 0 saturated carbocycles. The van der Waals surface area contributed by atoms with E-state index in [1.165, 1.54) is 0 Å². The van der Waals surface area contributed by atoms with Crippen molar-refractivity contribution in [3.8, 4) is 22.6 Å². The second kappa shape index (κ2) is 13.1. The van der Waals surface area contributed by atoms with Crippen LogP contribution in [-0.2, 0) is 30.5 Å². The predicted octanol–water partition coefficient (Wildman–Crippen LogP) is 6.88. The summed E-state index contributed by atoms with van der Waals surface area (Å²) in [5.41, 5.74) is 4.04.